The van der Waals surface area contributed by atoms with Crippen LogP contribution in [0.15, 0.2) is 18.2 Å². The molecule has 0 heterocycles. The zero-order valence-corrected chi connectivity index (χ0v) is 11.0. The van der Waals surface area contributed by atoms with Crippen molar-refractivity contribution in [3.63, 3.8) is 0 Å². The largest absolute Gasteiger partial charge is 0.392 e. The van der Waals surface area contributed by atoms with E-state index in [2.05, 4.69) is 12.2 Å². The molecule has 0 aliphatic carbocycles. The molecule has 0 bridgehead atoms. The van der Waals surface area contributed by atoms with Crippen molar-refractivity contribution in [1.82, 2.24) is 5.32 Å². The summed E-state index contributed by atoms with van der Waals surface area (Å²) < 4.78 is 0. The Morgan fingerprint density at radius 3 is 2.31 bits per heavy atom. The van der Waals surface area contributed by atoms with Gasteiger partial charge in [-0.1, -0.05) is 36.2 Å². The van der Waals surface area contributed by atoms with Gasteiger partial charge in [-0.25, -0.2) is 0 Å². The van der Waals surface area contributed by atoms with Crippen molar-refractivity contribution in [2.75, 3.05) is 6.54 Å². The quantitative estimate of drug-likeness (QED) is 0.852. The number of hydrogen-bond acceptors (Lipinski definition) is 2. The second-order valence-corrected chi connectivity index (χ2v) is 4.67. The SMILES string of the molecule is CCC(NCC(C)O)c1c(Cl)cccc1Cl. The molecule has 0 amide bonds. The van der Waals surface area contributed by atoms with Gasteiger partial charge in [0.25, 0.3) is 0 Å². The van der Waals surface area contributed by atoms with Crippen LogP contribution in [0.1, 0.15) is 31.9 Å². The van der Waals surface area contributed by atoms with E-state index in [0.717, 1.165) is 12.0 Å². The van der Waals surface area contributed by atoms with Gasteiger partial charge >= 0.3 is 0 Å². The van der Waals surface area contributed by atoms with Crippen molar-refractivity contribution in [2.24, 2.45) is 0 Å². The molecule has 0 aromatic heterocycles. The molecule has 2 atom stereocenters. The van der Waals surface area contributed by atoms with Crippen LogP contribution < -0.4 is 5.32 Å². The van der Waals surface area contributed by atoms with Crippen LogP contribution in [-0.4, -0.2) is 17.8 Å². The monoisotopic (exact) mass is 261 g/mol. The van der Waals surface area contributed by atoms with Gasteiger partial charge in [0.05, 0.1) is 6.10 Å². The van der Waals surface area contributed by atoms with Gasteiger partial charge in [-0.15, -0.1) is 0 Å². The average Bonchev–Trinajstić information content (AvgIpc) is 2.22. The molecule has 16 heavy (non-hydrogen) atoms. The fourth-order valence-corrected chi connectivity index (χ4v) is 2.27. The molecule has 0 aliphatic heterocycles. The summed E-state index contributed by atoms with van der Waals surface area (Å²) in [4.78, 5) is 0. The summed E-state index contributed by atoms with van der Waals surface area (Å²) in [6.07, 6.45) is 0.492. The molecular formula is C12H17Cl2NO. The first kappa shape index (κ1) is 13.8. The summed E-state index contributed by atoms with van der Waals surface area (Å²) in [7, 11) is 0. The molecule has 4 heteroatoms. The fourth-order valence-electron chi connectivity index (χ4n) is 1.61. The summed E-state index contributed by atoms with van der Waals surface area (Å²) in [6.45, 7) is 4.33. The number of benzene rings is 1. The minimum absolute atomic E-state index is 0.0794. The molecular weight excluding hydrogens is 245 g/mol. The van der Waals surface area contributed by atoms with Gasteiger partial charge in [-0.05, 0) is 25.5 Å². The molecule has 0 aliphatic rings. The van der Waals surface area contributed by atoms with Crippen LogP contribution in [0.25, 0.3) is 0 Å². The van der Waals surface area contributed by atoms with E-state index < -0.39 is 0 Å². The van der Waals surface area contributed by atoms with Crippen LogP contribution in [0.2, 0.25) is 10.0 Å². The number of hydrogen-bond donors (Lipinski definition) is 2. The van der Waals surface area contributed by atoms with Gasteiger partial charge < -0.3 is 10.4 Å². The van der Waals surface area contributed by atoms with Gasteiger partial charge in [0.1, 0.15) is 0 Å². The van der Waals surface area contributed by atoms with E-state index in [-0.39, 0.29) is 12.1 Å². The van der Waals surface area contributed by atoms with Gasteiger partial charge in [0, 0.05) is 28.2 Å². The van der Waals surface area contributed by atoms with Crippen molar-refractivity contribution in [3.8, 4) is 0 Å². The van der Waals surface area contributed by atoms with E-state index in [0.29, 0.717) is 16.6 Å². The second kappa shape index (κ2) is 6.45. The topological polar surface area (TPSA) is 32.3 Å². The zero-order valence-electron chi connectivity index (χ0n) is 9.50. The minimum atomic E-state index is -0.379. The summed E-state index contributed by atoms with van der Waals surface area (Å²) in [5.74, 6) is 0. The van der Waals surface area contributed by atoms with Gasteiger partial charge in [-0.2, -0.15) is 0 Å². The molecule has 2 unspecified atom stereocenters. The predicted molar refractivity (Wildman–Crippen MR) is 69.2 cm³/mol. The van der Waals surface area contributed by atoms with Crippen LogP contribution in [-0.2, 0) is 0 Å². The van der Waals surface area contributed by atoms with Crippen LogP contribution in [0.3, 0.4) is 0 Å². The second-order valence-electron chi connectivity index (χ2n) is 3.85. The van der Waals surface area contributed by atoms with E-state index in [1.165, 1.54) is 0 Å². The van der Waals surface area contributed by atoms with Crippen molar-refractivity contribution in [3.05, 3.63) is 33.8 Å². The molecule has 1 aromatic rings. The maximum Gasteiger partial charge on any atom is 0.0636 e. The Hall–Kier alpha value is -0.280. The van der Waals surface area contributed by atoms with Gasteiger partial charge in [0.15, 0.2) is 0 Å². The van der Waals surface area contributed by atoms with Crippen molar-refractivity contribution in [1.29, 1.82) is 0 Å². The third-order valence-corrected chi connectivity index (χ3v) is 3.08. The number of aliphatic hydroxyl groups is 1. The molecule has 1 rings (SSSR count). The number of halogens is 2. The highest BCUT2D eigenvalue weighted by molar-refractivity contribution is 6.36. The third-order valence-electron chi connectivity index (χ3n) is 2.42. The molecule has 0 fully saturated rings. The maximum absolute atomic E-state index is 9.25. The Labute approximate surface area is 107 Å². The summed E-state index contributed by atoms with van der Waals surface area (Å²) in [5.41, 5.74) is 0.911. The van der Waals surface area contributed by atoms with Crippen molar-refractivity contribution >= 4 is 23.2 Å². The highest BCUT2D eigenvalue weighted by Gasteiger charge is 2.16. The fraction of sp³-hybridized carbons (Fsp3) is 0.500. The molecule has 90 valence electrons. The van der Waals surface area contributed by atoms with E-state index in [4.69, 9.17) is 23.2 Å². The lowest BCUT2D eigenvalue weighted by Crippen LogP contribution is -2.28. The zero-order chi connectivity index (χ0) is 12.1. The Bertz CT molecular complexity index is 322. The Kier molecular flexibility index (Phi) is 5.56. The lowest BCUT2D eigenvalue weighted by molar-refractivity contribution is 0.185. The standard InChI is InChI=1S/C12H17Cl2NO/c1-3-11(15-7-8(2)16)12-9(13)5-4-6-10(12)14/h4-6,8,11,15-16H,3,7H2,1-2H3. The highest BCUT2D eigenvalue weighted by atomic mass is 35.5. The maximum atomic E-state index is 9.25. The Balaban J connectivity index is 2.86. The molecule has 0 spiro atoms. The van der Waals surface area contributed by atoms with Crippen LogP contribution in [0, 0.1) is 0 Å². The summed E-state index contributed by atoms with van der Waals surface area (Å²) >= 11 is 12.3. The molecule has 0 saturated heterocycles. The van der Waals surface area contributed by atoms with E-state index >= 15 is 0 Å². The molecule has 0 saturated carbocycles. The summed E-state index contributed by atoms with van der Waals surface area (Å²) in [6, 6.07) is 5.57. The van der Waals surface area contributed by atoms with E-state index in [1.54, 1.807) is 6.92 Å². The van der Waals surface area contributed by atoms with Gasteiger partial charge in [-0.3, -0.25) is 0 Å². The van der Waals surface area contributed by atoms with E-state index in [9.17, 15) is 5.11 Å². The lowest BCUT2D eigenvalue weighted by atomic mass is 10.0. The first-order chi connectivity index (χ1) is 7.56. The third kappa shape index (κ3) is 3.63. The Morgan fingerprint density at radius 1 is 1.31 bits per heavy atom. The molecule has 2 nitrogen and oxygen atoms in total. The van der Waals surface area contributed by atoms with Crippen molar-refractivity contribution < 1.29 is 5.11 Å². The van der Waals surface area contributed by atoms with Gasteiger partial charge in [0.2, 0.25) is 0 Å². The molecule has 0 radical (unpaired) electrons. The normalized spacial score (nSPS) is 14.8. The van der Waals surface area contributed by atoms with Crippen molar-refractivity contribution in [2.45, 2.75) is 32.4 Å². The molecule has 1 aromatic carbocycles. The van der Waals surface area contributed by atoms with Crippen LogP contribution >= 0.6 is 23.2 Å². The molecule has 2 N–H and O–H groups in total. The first-order valence-corrected chi connectivity index (χ1v) is 6.17. The number of aliphatic hydroxyl groups excluding tert-OH is 1. The Morgan fingerprint density at radius 2 is 1.88 bits per heavy atom. The van der Waals surface area contributed by atoms with Crippen LogP contribution in [0.4, 0.5) is 0 Å². The average molecular weight is 262 g/mol. The highest BCUT2D eigenvalue weighted by Crippen LogP contribution is 2.31. The number of nitrogens with one attached hydrogen (secondary N) is 1. The van der Waals surface area contributed by atoms with E-state index in [1.807, 2.05) is 18.2 Å². The van der Waals surface area contributed by atoms with Crippen LogP contribution in [0.5, 0.6) is 0 Å². The smallest absolute Gasteiger partial charge is 0.0636 e. The lowest BCUT2D eigenvalue weighted by Gasteiger charge is -2.20. The number of rotatable bonds is 5. The minimum Gasteiger partial charge on any atom is -0.392 e. The predicted octanol–water partition coefficient (Wildman–Crippen LogP) is 3.41. The first-order valence-electron chi connectivity index (χ1n) is 5.41. The summed E-state index contributed by atoms with van der Waals surface area (Å²) in [5, 5.41) is 13.8.